The van der Waals surface area contributed by atoms with Crippen LogP contribution in [0.2, 0.25) is 0 Å². The number of carbonyl (C=O) groups excluding carboxylic acids is 2. The number of carbonyl (C=O) groups is 2. The van der Waals surface area contributed by atoms with E-state index in [4.69, 9.17) is 0 Å². The highest BCUT2D eigenvalue weighted by Crippen LogP contribution is 2.25. The van der Waals surface area contributed by atoms with Crippen LogP contribution < -0.4 is 10.2 Å². The molecule has 1 saturated heterocycles. The van der Waals surface area contributed by atoms with Gasteiger partial charge in [0.25, 0.3) is 5.91 Å². The zero-order valence-electron chi connectivity index (χ0n) is 16.7. The summed E-state index contributed by atoms with van der Waals surface area (Å²) in [5, 5.41) is 2.84. The van der Waals surface area contributed by atoms with Crippen LogP contribution >= 0.6 is 0 Å². The van der Waals surface area contributed by atoms with E-state index < -0.39 is 11.6 Å². The number of halogens is 2. The molecule has 5 nitrogen and oxygen atoms in total. The second-order valence-corrected chi connectivity index (χ2v) is 7.36. The summed E-state index contributed by atoms with van der Waals surface area (Å²) < 4.78 is 27.0. The summed E-state index contributed by atoms with van der Waals surface area (Å²) in [5.74, 6) is -1.58. The maximum Gasteiger partial charge on any atom is 0.324 e. The van der Waals surface area contributed by atoms with Crippen molar-refractivity contribution in [3.63, 3.8) is 0 Å². The summed E-state index contributed by atoms with van der Waals surface area (Å²) in [6.45, 7) is 1.13. The molecule has 0 radical (unpaired) electrons. The fourth-order valence-corrected chi connectivity index (χ4v) is 3.63. The van der Waals surface area contributed by atoms with Gasteiger partial charge in [-0.15, -0.1) is 0 Å². The first kappa shape index (κ1) is 20.5. The predicted molar refractivity (Wildman–Crippen MR) is 115 cm³/mol. The largest absolute Gasteiger partial charge is 0.324 e. The van der Waals surface area contributed by atoms with Crippen molar-refractivity contribution in [3.8, 4) is 0 Å². The van der Waals surface area contributed by atoms with Gasteiger partial charge in [0, 0.05) is 42.6 Å². The molecule has 0 unspecified atom stereocenters. The lowest BCUT2D eigenvalue weighted by Gasteiger charge is -2.36. The Labute approximate surface area is 178 Å². The van der Waals surface area contributed by atoms with Gasteiger partial charge in [-0.1, -0.05) is 24.3 Å². The molecule has 1 heterocycles. The summed E-state index contributed by atoms with van der Waals surface area (Å²) in [5.41, 5.74) is 2.15. The van der Waals surface area contributed by atoms with E-state index >= 15 is 0 Å². The Morgan fingerprint density at radius 1 is 0.903 bits per heavy atom. The highest BCUT2D eigenvalue weighted by atomic mass is 19.1. The molecule has 158 valence electrons. The molecule has 0 spiro atoms. The number of rotatable bonds is 5. The van der Waals surface area contributed by atoms with E-state index in [-0.39, 0.29) is 18.5 Å². The smallest absolute Gasteiger partial charge is 0.322 e. The maximum atomic E-state index is 13.5. The summed E-state index contributed by atoms with van der Waals surface area (Å²) in [6.07, 6.45) is 0.712. The first-order chi connectivity index (χ1) is 15.0. The monoisotopic (exact) mass is 421 g/mol. The Balaban J connectivity index is 1.49. The number of hydrogen-bond acceptors (Lipinski definition) is 2. The standard InChI is InChI=1S/C24H21F2N3O2/c25-19-12-17(13-20(26)14-19)16-28-10-5-11-29(24(28)31)22-9-4-8-21(15-22)27-23(30)18-6-2-1-3-7-18/h1-4,6-9,12-15H,5,10-11,16H2,(H,27,30). The van der Waals surface area contributed by atoms with Crippen molar-refractivity contribution in [2.24, 2.45) is 0 Å². The van der Waals surface area contributed by atoms with Crippen molar-refractivity contribution in [2.75, 3.05) is 23.3 Å². The quantitative estimate of drug-likeness (QED) is 0.627. The first-order valence-corrected chi connectivity index (χ1v) is 9.97. The van der Waals surface area contributed by atoms with E-state index in [0.717, 1.165) is 6.07 Å². The van der Waals surface area contributed by atoms with Crippen LogP contribution in [0.1, 0.15) is 22.3 Å². The number of benzene rings is 3. The number of amides is 3. The third kappa shape index (κ3) is 4.88. The van der Waals surface area contributed by atoms with Crippen LogP contribution in [0.25, 0.3) is 0 Å². The number of hydrogen-bond donors (Lipinski definition) is 1. The normalized spacial score (nSPS) is 13.9. The van der Waals surface area contributed by atoms with Gasteiger partial charge in [0.1, 0.15) is 11.6 Å². The van der Waals surface area contributed by atoms with Crippen molar-refractivity contribution in [3.05, 3.63) is 95.6 Å². The van der Waals surface area contributed by atoms with Crippen molar-refractivity contribution in [1.29, 1.82) is 0 Å². The van der Waals surface area contributed by atoms with Gasteiger partial charge in [0.2, 0.25) is 0 Å². The topological polar surface area (TPSA) is 52.7 Å². The van der Waals surface area contributed by atoms with E-state index in [2.05, 4.69) is 5.32 Å². The number of anilines is 2. The predicted octanol–water partition coefficient (Wildman–Crippen LogP) is 5.05. The lowest BCUT2D eigenvalue weighted by atomic mass is 10.1. The van der Waals surface area contributed by atoms with E-state index in [9.17, 15) is 18.4 Å². The number of urea groups is 1. The van der Waals surface area contributed by atoms with Crippen molar-refractivity contribution < 1.29 is 18.4 Å². The molecule has 0 atom stereocenters. The highest BCUT2D eigenvalue weighted by molar-refractivity contribution is 6.04. The molecule has 31 heavy (non-hydrogen) atoms. The van der Waals surface area contributed by atoms with Crippen molar-refractivity contribution in [1.82, 2.24) is 4.90 Å². The molecule has 3 aromatic rings. The van der Waals surface area contributed by atoms with Crippen LogP contribution in [0.5, 0.6) is 0 Å². The molecule has 3 aromatic carbocycles. The summed E-state index contributed by atoms with van der Waals surface area (Å²) >= 11 is 0. The van der Waals surface area contributed by atoms with Crippen molar-refractivity contribution >= 4 is 23.3 Å². The minimum atomic E-state index is -0.668. The van der Waals surface area contributed by atoms with Gasteiger partial charge in [-0.2, -0.15) is 0 Å². The van der Waals surface area contributed by atoms with Gasteiger partial charge >= 0.3 is 6.03 Å². The van der Waals surface area contributed by atoms with E-state index in [1.165, 1.54) is 12.1 Å². The zero-order chi connectivity index (χ0) is 21.8. The van der Waals surface area contributed by atoms with Gasteiger partial charge in [0.05, 0.1) is 0 Å². The fraction of sp³-hybridized carbons (Fsp3) is 0.167. The summed E-state index contributed by atoms with van der Waals surface area (Å²) in [7, 11) is 0. The lowest BCUT2D eigenvalue weighted by molar-refractivity contribution is 0.102. The average Bonchev–Trinajstić information content (AvgIpc) is 2.75. The maximum absolute atomic E-state index is 13.5. The van der Waals surface area contributed by atoms with Gasteiger partial charge in [-0.05, 0) is 54.4 Å². The average molecular weight is 421 g/mol. The second kappa shape index (κ2) is 8.95. The van der Waals surface area contributed by atoms with Crippen molar-refractivity contribution in [2.45, 2.75) is 13.0 Å². The molecule has 0 aromatic heterocycles. The SMILES string of the molecule is O=C(Nc1cccc(N2CCCN(Cc3cc(F)cc(F)c3)C2=O)c1)c1ccccc1. The molecule has 4 rings (SSSR count). The Morgan fingerprint density at radius 2 is 1.65 bits per heavy atom. The van der Waals surface area contributed by atoms with Crippen LogP contribution in [0.3, 0.4) is 0 Å². The molecule has 7 heteroatoms. The van der Waals surface area contributed by atoms with E-state index in [0.29, 0.717) is 42.0 Å². The van der Waals surface area contributed by atoms with Gasteiger partial charge < -0.3 is 10.2 Å². The molecule has 1 aliphatic heterocycles. The Kier molecular flexibility index (Phi) is 5.93. The molecule has 0 bridgehead atoms. The van der Waals surface area contributed by atoms with Crippen LogP contribution in [0.4, 0.5) is 25.0 Å². The van der Waals surface area contributed by atoms with Gasteiger partial charge in [0.15, 0.2) is 0 Å². The molecular weight excluding hydrogens is 400 g/mol. The molecule has 0 aliphatic carbocycles. The molecular formula is C24H21F2N3O2. The van der Waals surface area contributed by atoms with E-state index in [1.807, 2.05) is 6.07 Å². The molecule has 1 aliphatic rings. The molecule has 1 N–H and O–H groups in total. The Bertz CT molecular complexity index is 1080. The number of nitrogens with zero attached hydrogens (tertiary/aromatic N) is 2. The van der Waals surface area contributed by atoms with Gasteiger partial charge in [-0.25, -0.2) is 13.6 Å². The Morgan fingerprint density at radius 3 is 2.39 bits per heavy atom. The zero-order valence-corrected chi connectivity index (χ0v) is 16.7. The fourth-order valence-electron chi connectivity index (χ4n) is 3.63. The number of nitrogens with one attached hydrogen (secondary N) is 1. The second-order valence-electron chi connectivity index (χ2n) is 7.36. The third-order valence-electron chi connectivity index (χ3n) is 5.06. The third-order valence-corrected chi connectivity index (χ3v) is 5.06. The van der Waals surface area contributed by atoms with Gasteiger partial charge in [-0.3, -0.25) is 9.69 Å². The minimum Gasteiger partial charge on any atom is -0.322 e. The minimum absolute atomic E-state index is 0.119. The van der Waals surface area contributed by atoms with Crippen LogP contribution in [0, 0.1) is 11.6 Å². The summed E-state index contributed by atoms with van der Waals surface area (Å²) in [6, 6.07) is 18.9. The molecule has 1 fully saturated rings. The Hall–Kier alpha value is -3.74. The molecule has 3 amide bonds. The highest BCUT2D eigenvalue weighted by Gasteiger charge is 2.27. The first-order valence-electron chi connectivity index (χ1n) is 9.97. The van der Waals surface area contributed by atoms with Crippen LogP contribution in [-0.2, 0) is 6.54 Å². The van der Waals surface area contributed by atoms with E-state index in [1.54, 1.807) is 58.3 Å². The van der Waals surface area contributed by atoms with Crippen LogP contribution in [-0.4, -0.2) is 29.9 Å². The lowest BCUT2D eigenvalue weighted by Crippen LogP contribution is -2.49. The molecule has 0 saturated carbocycles. The summed E-state index contributed by atoms with van der Waals surface area (Å²) in [4.78, 5) is 28.6. The van der Waals surface area contributed by atoms with Crippen LogP contribution in [0.15, 0.2) is 72.8 Å².